The van der Waals surface area contributed by atoms with Gasteiger partial charge in [0, 0.05) is 28.8 Å². The number of aliphatic hydroxyl groups is 1. The van der Waals surface area contributed by atoms with Crippen molar-refractivity contribution in [3.05, 3.63) is 53.2 Å². The number of aromatic amines is 1. The minimum Gasteiger partial charge on any atom is -0.380 e. The molecule has 3 heterocycles. The molecule has 1 unspecified atom stereocenters. The molecule has 0 aromatic carbocycles. The maximum absolute atomic E-state index is 10.3. The zero-order chi connectivity index (χ0) is 19.0. The van der Waals surface area contributed by atoms with Gasteiger partial charge in [0.25, 0.3) is 0 Å². The Morgan fingerprint density at radius 1 is 1.48 bits per heavy atom. The molecule has 0 saturated heterocycles. The van der Waals surface area contributed by atoms with Gasteiger partial charge in [-0.3, -0.25) is 5.10 Å². The Hall–Kier alpha value is -2.95. The van der Waals surface area contributed by atoms with Crippen molar-refractivity contribution in [2.24, 2.45) is 0 Å². The van der Waals surface area contributed by atoms with Gasteiger partial charge in [-0.2, -0.15) is 5.10 Å². The number of hydrogen-bond acceptors (Lipinski definition) is 6. The topological polar surface area (TPSA) is 86.7 Å². The molecule has 136 valence electrons. The highest BCUT2D eigenvalue weighted by Crippen LogP contribution is 2.40. The van der Waals surface area contributed by atoms with E-state index in [0.29, 0.717) is 28.9 Å². The van der Waals surface area contributed by atoms with E-state index in [-0.39, 0.29) is 0 Å². The molecule has 0 radical (unpaired) electrons. The lowest BCUT2D eigenvalue weighted by Gasteiger charge is -2.15. The van der Waals surface area contributed by atoms with Gasteiger partial charge in [0.1, 0.15) is 5.60 Å². The van der Waals surface area contributed by atoms with Gasteiger partial charge in [0.15, 0.2) is 17.5 Å². The first-order valence-corrected chi connectivity index (χ1v) is 9.44. The largest absolute Gasteiger partial charge is 0.380 e. The van der Waals surface area contributed by atoms with Crippen molar-refractivity contribution >= 4 is 23.0 Å². The third-order valence-electron chi connectivity index (χ3n) is 4.53. The van der Waals surface area contributed by atoms with Crippen LogP contribution in [0.4, 0.5) is 11.6 Å². The van der Waals surface area contributed by atoms with Gasteiger partial charge in [-0.05, 0) is 31.9 Å². The van der Waals surface area contributed by atoms with Crippen LogP contribution >= 0.6 is 11.3 Å². The molecule has 0 bridgehead atoms. The van der Waals surface area contributed by atoms with E-state index >= 15 is 0 Å². The third-order valence-corrected chi connectivity index (χ3v) is 5.84. The van der Waals surface area contributed by atoms with E-state index in [4.69, 9.17) is 6.42 Å². The van der Waals surface area contributed by atoms with Crippen molar-refractivity contribution in [3.63, 3.8) is 0 Å². The van der Waals surface area contributed by atoms with Crippen LogP contribution in [0.5, 0.6) is 0 Å². The predicted octanol–water partition coefficient (Wildman–Crippen LogP) is 3.92. The van der Waals surface area contributed by atoms with Gasteiger partial charge in [0.05, 0.1) is 10.4 Å². The van der Waals surface area contributed by atoms with Crippen LogP contribution < -0.4 is 5.32 Å². The van der Waals surface area contributed by atoms with Crippen molar-refractivity contribution < 1.29 is 5.11 Å². The molecule has 1 fully saturated rings. The van der Waals surface area contributed by atoms with Crippen molar-refractivity contribution in [2.75, 3.05) is 5.32 Å². The summed E-state index contributed by atoms with van der Waals surface area (Å²) >= 11 is 1.41. The molecular formula is C20H19N5OS. The number of H-pyrrole nitrogens is 1. The zero-order valence-electron chi connectivity index (χ0n) is 14.9. The van der Waals surface area contributed by atoms with Gasteiger partial charge in [-0.1, -0.05) is 18.6 Å². The molecule has 1 saturated carbocycles. The molecule has 1 atom stereocenters. The standard InChI is InChI=1S/C20H19N5OS/c1-4-12-11-21-19(15-8-9-16(27-15)20(3,26)5-2)23-18(12)22-17-10-14(24-25-17)13-6-7-13/h1,5,8-11,13,26H,2,6-7H2,3H3,(H2,21,22,23,24,25). The van der Waals surface area contributed by atoms with Gasteiger partial charge in [-0.15, -0.1) is 17.8 Å². The molecule has 1 aliphatic rings. The fraction of sp³-hybridized carbons (Fsp3) is 0.250. The van der Waals surface area contributed by atoms with Crippen molar-refractivity contribution in [1.82, 2.24) is 20.2 Å². The second-order valence-corrected chi connectivity index (χ2v) is 7.81. The minimum atomic E-state index is -1.09. The first-order valence-electron chi connectivity index (χ1n) is 8.63. The van der Waals surface area contributed by atoms with Crippen LogP contribution in [0.1, 0.15) is 41.8 Å². The average Bonchev–Trinajstić information content (AvgIpc) is 3.20. The Morgan fingerprint density at radius 3 is 3.00 bits per heavy atom. The molecule has 1 aliphatic carbocycles. The number of aromatic nitrogens is 4. The second-order valence-electron chi connectivity index (χ2n) is 6.72. The summed E-state index contributed by atoms with van der Waals surface area (Å²) in [6, 6.07) is 5.72. The molecule has 4 rings (SSSR count). The van der Waals surface area contributed by atoms with Crippen LogP contribution in [0.3, 0.4) is 0 Å². The SMILES string of the molecule is C#Cc1cnc(-c2ccc(C(C)(O)C=C)s2)nc1Nc1cc(C2CC2)[nH]n1. The quantitative estimate of drug-likeness (QED) is 0.448. The summed E-state index contributed by atoms with van der Waals surface area (Å²) < 4.78 is 0. The van der Waals surface area contributed by atoms with E-state index in [1.807, 2.05) is 18.2 Å². The number of thiophene rings is 1. The molecule has 6 nitrogen and oxygen atoms in total. The summed E-state index contributed by atoms with van der Waals surface area (Å²) in [5.41, 5.74) is 0.602. The summed E-state index contributed by atoms with van der Waals surface area (Å²) in [6.45, 7) is 5.37. The summed E-state index contributed by atoms with van der Waals surface area (Å²) in [6.07, 6.45) is 11.1. The van der Waals surface area contributed by atoms with Gasteiger partial charge >= 0.3 is 0 Å². The van der Waals surface area contributed by atoms with Crippen molar-refractivity contribution in [2.45, 2.75) is 31.3 Å². The Morgan fingerprint density at radius 2 is 2.30 bits per heavy atom. The minimum absolute atomic E-state index is 0.529. The monoisotopic (exact) mass is 377 g/mol. The lowest BCUT2D eigenvalue weighted by atomic mass is 10.1. The molecule has 0 spiro atoms. The van der Waals surface area contributed by atoms with Crippen LogP contribution in [-0.4, -0.2) is 25.3 Å². The molecule has 3 aromatic heterocycles. The number of hydrogen-bond donors (Lipinski definition) is 3. The lowest BCUT2D eigenvalue weighted by molar-refractivity contribution is 0.115. The Bertz CT molecular complexity index is 1040. The maximum atomic E-state index is 10.3. The van der Waals surface area contributed by atoms with Crippen LogP contribution in [0, 0.1) is 12.3 Å². The van der Waals surface area contributed by atoms with Crippen LogP contribution in [0.15, 0.2) is 37.1 Å². The highest BCUT2D eigenvalue weighted by atomic mass is 32.1. The van der Waals surface area contributed by atoms with Crippen molar-refractivity contribution in [1.29, 1.82) is 0 Å². The average molecular weight is 377 g/mol. The number of anilines is 2. The molecule has 7 heteroatoms. The van der Waals surface area contributed by atoms with E-state index in [9.17, 15) is 5.11 Å². The second kappa shape index (κ2) is 6.65. The number of terminal acetylenes is 1. The Balaban J connectivity index is 1.64. The zero-order valence-corrected chi connectivity index (χ0v) is 15.7. The summed E-state index contributed by atoms with van der Waals surface area (Å²) in [5.74, 6) is 4.93. The van der Waals surface area contributed by atoms with Gasteiger partial charge in [0.2, 0.25) is 0 Å². The van der Waals surface area contributed by atoms with E-state index < -0.39 is 5.60 Å². The lowest BCUT2D eigenvalue weighted by Crippen LogP contribution is -2.14. The van der Waals surface area contributed by atoms with Crippen LogP contribution in [0.2, 0.25) is 0 Å². The molecule has 27 heavy (non-hydrogen) atoms. The third kappa shape index (κ3) is 3.50. The van der Waals surface area contributed by atoms with E-state index in [1.54, 1.807) is 13.1 Å². The summed E-state index contributed by atoms with van der Waals surface area (Å²) in [4.78, 5) is 10.6. The normalized spacial score (nSPS) is 15.7. The molecule has 0 amide bonds. The van der Waals surface area contributed by atoms with E-state index in [0.717, 1.165) is 15.4 Å². The highest BCUT2D eigenvalue weighted by Gasteiger charge is 2.26. The molecule has 3 N–H and O–H groups in total. The molecule has 0 aliphatic heterocycles. The molecular weight excluding hydrogens is 358 g/mol. The fourth-order valence-corrected chi connectivity index (χ4v) is 3.65. The van der Waals surface area contributed by atoms with Gasteiger partial charge in [-0.25, -0.2) is 9.97 Å². The first-order chi connectivity index (χ1) is 13.0. The smallest absolute Gasteiger partial charge is 0.171 e. The Kier molecular flexibility index (Phi) is 4.30. The van der Waals surface area contributed by atoms with Crippen LogP contribution in [-0.2, 0) is 5.60 Å². The van der Waals surface area contributed by atoms with E-state index in [2.05, 4.69) is 38.0 Å². The first kappa shape index (κ1) is 17.5. The van der Waals surface area contributed by atoms with Crippen molar-refractivity contribution in [3.8, 4) is 23.0 Å². The van der Waals surface area contributed by atoms with Gasteiger partial charge < -0.3 is 10.4 Å². The number of nitrogens with zero attached hydrogens (tertiary/aromatic N) is 3. The maximum Gasteiger partial charge on any atom is 0.171 e. The molecule has 3 aromatic rings. The van der Waals surface area contributed by atoms with Crippen LogP contribution in [0.25, 0.3) is 10.7 Å². The fourth-order valence-electron chi connectivity index (χ4n) is 2.66. The Labute approximate surface area is 161 Å². The summed E-state index contributed by atoms with van der Waals surface area (Å²) in [7, 11) is 0. The van der Waals surface area contributed by atoms with E-state index in [1.165, 1.54) is 30.3 Å². The number of nitrogens with one attached hydrogen (secondary N) is 2. The highest BCUT2D eigenvalue weighted by molar-refractivity contribution is 7.15. The number of rotatable bonds is 6. The summed E-state index contributed by atoms with van der Waals surface area (Å²) in [5, 5.41) is 20.9. The predicted molar refractivity (Wildman–Crippen MR) is 107 cm³/mol.